The zero-order valence-electron chi connectivity index (χ0n) is 6.10. The van der Waals surface area contributed by atoms with Crippen molar-refractivity contribution in [1.29, 1.82) is 0 Å². The first-order valence-electron chi connectivity index (χ1n) is 2.95. The van der Waals surface area contributed by atoms with Crippen LogP contribution in [0.4, 0.5) is 0 Å². The Labute approximate surface area is 56.9 Å². The van der Waals surface area contributed by atoms with Gasteiger partial charge in [-0.2, -0.15) is 0 Å². The molecule has 1 N–H and O–H groups in total. The number of carbonyl (C=O) groups excluding carboxylic acids is 1. The number of rotatable bonds is 3. The number of ether oxygens (including phenoxy) is 1. The van der Waals surface area contributed by atoms with E-state index >= 15 is 0 Å². The van der Waals surface area contributed by atoms with E-state index in [0.717, 1.165) is 0 Å². The van der Waals surface area contributed by atoms with Gasteiger partial charge in [0.15, 0.2) is 0 Å². The van der Waals surface area contributed by atoms with Gasteiger partial charge in [-0.3, -0.25) is 4.79 Å². The van der Waals surface area contributed by atoms with E-state index in [1.807, 2.05) is 13.8 Å². The highest BCUT2D eigenvalue weighted by molar-refractivity contribution is 5.77. The van der Waals surface area contributed by atoms with E-state index in [4.69, 9.17) is 0 Å². The first-order chi connectivity index (χ1) is 4.16. The van der Waals surface area contributed by atoms with Crippen molar-refractivity contribution in [1.82, 2.24) is 5.32 Å². The number of carbonyl (C=O) groups is 1. The molecule has 0 saturated carbocycles. The minimum Gasteiger partial charge on any atom is -0.375 e. The summed E-state index contributed by atoms with van der Waals surface area (Å²) < 4.78 is 4.59. The molecular weight excluding hydrogens is 118 g/mol. The maximum absolute atomic E-state index is 10.6. The van der Waals surface area contributed by atoms with Gasteiger partial charge >= 0.3 is 0 Å². The predicted molar refractivity (Wildman–Crippen MR) is 37.3 cm³/mol. The van der Waals surface area contributed by atoms with Crippen LogP contribution in [-0.2, 0) is 9.53 Å². The smallest absolute Gasteiger partial charge is 0.246 e. The van der Waals surface area contributed by atoms with Gasteiger partial charge in [0.1, 0.15) is 6.61 Å². The number of hydrogen-bond donors (Lipinski definition) is 1. The highest BCUT2D eigenvalue weighted by Gasteiger charge is 1.99. The average molecular weight is 133 g/mol. The lowest BCUT2D eigenvalue weighted by atomic mass is 10.4. The highest BCUT2D eigenvalue weighted by Crippen LogP contribution is 1.76. The lowest BCUT2D eigenvalue weighted by Crippen LogP contribution is -2.32. The molecule has 0 aliphatic rings. The summed E-state index contributed by atoms with van der Waals surface area (Å²) >= 11 is 0. The first-order valence-corrected chi connectivity index (χ1v) is 2.95. The van der Waals surface area contributed by atoms with E-state index in [-0.39, 0.29) is 20.0 Å². The fourth-order valence-electron chi connectivity index (χ4n) is 0.495. The maximum atomic E-state index is 10.6. The van der Waals surface area contributed by atoms with Crippen molar-refractivity contribution in [2.75, 3.05) is 13.7 Å². The van der Waals surface area contributed by atoms with Crippen LogP contribution in [0.1, 0.15) is 15.3 Å². The van der Waals surface area contributed by atoms with E-state index in [0.29, 0.717) is 0 Å². The van der Waals surface area contributed by atoms with Crippen LogP contribution in [-0.4, -0.2) is 25.7 Å². The van der Waals surface area contributed by atoms with Gasteiger partial charge in [-0.1, -0.05) is 0 Å². The predicted octanol–water partition coefficient (Wildman–Crippen LogP) is 0.403. The summed E-state index contributed by atoms with van der Waals surface area (Å²) in [7, 11) is 1.50. The Balaban J connectivity index is 0. The third-order valence-corrected chi connectivity index (χ3v) is 0.725. The minimum absolute atomic E-state index is 0. The molecule has 56 valence electrons. The molecule has 0 atom stereocenters. The van der Waals surface area contributed by atoms with E-state index in [1.54, 1.807) is 0 Å². The summed E-state index contributed by atoms with van der Waals surface area (Å²) in [5.41, 5.74) is 0. The number of hydrogen-bond acceptors (Lipinski definition) is 2. The lowest BCUT2D eigenvalue weighted by Gasteiger charge is -2.05. The Kier molecular flexibility index (Phi) is 4.05. The molecule has 0 aromatic rings. The third kappa shape index (κ3) is 5.30. The van der Waals surface area contributed by atoms with Crippen LogP contribution in [0.3, 0.4) is 0 Å². The van der Waals surface area contributed by atoms with Gasteiger partial charge in [0.05, 0.1) is 0 Å². The Hall–Kier alpha value is -0.570. The lowest BCUT2D eigenvalue weighted by molar-refractivity contribution is -0.125. The third-order valence-electron chi connectivity index (χ3n) is 0.725. The maximum Gasteiger partial charge on any atom is 0.246 e. The normalized spacial score (nSPS) is 9.78. The second kappa shape index (κ2) is 4.32. The number of nitrogens with one attached hydrogen (secondary N) is 1. The Morgan fingerprint density at radius 2 is 2.33 bits per heavy atom. The summed E-state index contributed by atoms with van der Waals surface area (Å²) in [6.45, 7) is 3.97. The van der Waals surface area contributed by atoms with E-state index in [1.165, 1.54) is 7.11 Å². The van der Waals surface area contributed by atoms with E-state index < -0.39 is 0 Å². The standard InChI is InChI=1S/C6H13NO2.H2/c1-5(2)7-6(8)4-9-3;/h5H,4H2,1-3H3,(H,7,8);1H. The molecule has 0 saturated heterocycles. The summed E-state index contributed by atoms with van der Waals surface area (Å²) in [5.74, 6) is -0.0625. The Morgan fingerprint density at radius 1 is 1.78 bits per heavy atom. The van der Waals surface area contributed by atoms with Crippen molar-refractivity contribution in [3.05, 3.63) is 0 Å². The molecule has 0 aromatic carbocycles. The molecule has 0 heterocycles. The minimum atomic E-state index is -0.0625. The second-order valence-electron chi connectivity index (χ2n) is 2.16. The molecule has 0 unspecified atom stereocenters. The fourth-order valence-corrected chi connectivity index (χ4v) is 0.495. The van der Waals surface area contributed by atoms with Crippen molar-refractivity contribution in [3.8, 4) is 0 Å². The first kappa shape index (κ1) is 8.43. The molecule has 0 radical (unpaired) electrons. The van der Waals surface area contributed by atoms with Gasteiger partial charge in [-0.05, 0) is 13.8 Å². The second-order valence-corrected chi connectivity index (χ2v) is 2.16. The average Bonchev–Trinajstić information content (AvgIpc) is 1.63. The molecule has 0 aromatic heterocycles. The van der Waals surface area contributed by atoms with Gasteiger partial charge in [-0.25, -0.2) is 0 Å². The monoisotopic (exact) mass is 133 g/mol. The van der Waals surface area contributed by atoms with Crippen molar-refractivity contribution in [3.63, 3.8) is 0 Å². The number of amides is 1. The van der Waals surface area contributed by atoms with Gasteiger partial charge in [0.25, 0.3) is 0 Å². The van der Waals surface area contributed by atoms with Gasteiger partial charge in [-0.15, -0.1) is 0 Å². The summed E-state index contributed by atoms with van der Waals surface area (Å²) in [6.07, 6.45) is 0. The van der Waals surface area contributed by atoms with Crippen molar-refractivity contribution >= 4 is 5.91 Å². The largest absolute Gasteiger partial charge is 0.375 e. The topological polar surface area (TPSA) is 38.3 Å². The molecule has 0 aliphatic carbocycles. The van der Waals surface area contributed by atoms with Crippen LogP contribution in [0.25, 0.3) is 0 Å². The summed E-state index contributed by atoms with van der Waals surface area (Å²) in [6, 6.07) is 0.202. The van der Waals surface area contributed by atoms with Crippen LogP contribution in [0.5, 0.6) is 0 Å². The quantitative estimate of drug-likeness (QED) is 0.605. The molecule has 9 heavy (non-hydrogen) atoms. The summed E-state index contributed by atoms with van der Waals surface area (Å²) in [5, 5.41) is 2.68. The Bertz CT molecular complexity index is 95.7. The van der Waals surface area contributed by atoms with Gasteiger partial charge in [0, 0.05) is 14.6 Å². The van der Waals surface area contributed by atoms with Crippen molar-refractivity contribution in [2.45, 2.75) is 19.9 Å². The van der Waals surface area contributed by atoms with Crippen LogP contribution in [0.15, 0.2) is 0 Å². The van der Waals surface area contributed by atoms with Crippen LogP contribution in [0, 0.1) is 0 Å². The highest BCUT2D eigenvalue weighted by atomic mass is 16.5. The molecule has 0 bridgehead atoms. The Morgan fingerprint density at radius 3 is 2.67 bits per heavy atom. The van der Waals surface area contributed by atoms with E-state index in [2.05, 4.69) is 10.1 Å². The molecule has 3 heteroatoms. The summed E-state index contributed by atoms with van der Waals surface area (Å²) in [4.78, 5) is 10.6. The molecule has 0 rings (SSSR count). The van der Waals surface area contributed by atoms with Crippen molar-refractivity contribution in [2.24, 2.45) is 0 Å². The van der Waals surface area contributed by atoms with E-state index in [9.17, 15) is 4.79 Å². The molecular formula is C6H15NO2. The number of methoxy groups -OCH3 is 1. The van der Waals surface area contributed by atoms with Crippen molar-refractivity contribution < 1.29 is 11.0 Å². The molecule has 0 aliphatic heterocycles. The molecule has 0 fully saturated rings. The molecule has 3 nitrogen and oxygen atoms in total. The zero-order chi connectivity index (χ0) is 7.28. The molecule has 0 spiro atoms. The van der Waals surface area contributed by atoms with Crippen LogP contribution >= 0.6 is 0 Å². The fraction of sp³-hybridized carbons (Fsp3) is 0.833. The van der Waals surface area contributed by atoms with Crippen LogP contribution in [0.2, 0.25) is 0 Å². The SMILES string of the molecule is COCC(=O)NC(C)C.[HH]. The molecule has 1 amide bonds. The van der Waals surface area contributed by atoms with Gasteiger partial charge < -0.3 is 10.1 Å². The zero-order valence-corrected chi connectivity index (χ0v) is 6.10. The van der Waals surface area contributed by atoms with Gasteiger partial charge in [0.2, 0.25) is 5.91 Å². The van der Waals surface area contributed by atoms with Crippen LogP contribution < -0.4 is 5.32 Å².